The number of piperidine rings is 1. The third-order valence-electron chi connectivity index (χ3n) is 5.51. The molecule has 2 bridgehead atoms. The lowest BCUT2D eigenvalue weighted by atomic mass is 9.97. The van der Waals surface area contributed by atoms with Gasteiger partial charge in [0.15, 0.2) is 5.65 Å². The standard InChI is InChI=1S/C18H22N8O2/c1-10(8-27)26-16-14(6-22-26)15(11-4-20-17(19)21-5-11)23-18(24-16)25-7-13-3-2-12(25)9-28-13/h4-6,10,12-13,27H,2-3,7-9H2,1H3,(H2,19,20,21). The first-order valence-corrected chi connectivity index (χ1v) is 9.46. The maximum absolute atomic E-state index is 9.62. The molecule has 6 rings (SSSR count). The van der Waals surface area contributed by atoms with Gasteiger partial charge in [-0.15, -0.1) is 0 Å². The van der Waals surface area contributed by atoms with E-state index in [2.05, 4.69) is 20.0 Å². The van der Waals surface area contributed by atoms with Crippen LogP contribution in [-0.2, 0) is 4.74 Å². The molecule has 0 aliphatic carbocycles. The van der Waals surface area contributed by atoms with Crippen molar-refractivity contribution in [3.63, 3.8) is 0 Å². The smallest absolute Gasteiger partial charge is 0.228 e. The monoisotopic (exact) mass is 382 g/mol. The fourth-order valence-corrected chi connectivity index (χ4v) is 3.92. The van der Waals surface area contributed by atoms with Crippen LogP contribution in [0.15, 0.2) is 18.6 Å². The van der Waals surface area contributed by atoms with E-state index in [0.29, 0.717) is 23.9 Å². The first-order chi connectivity index (χ1) is 13.6. The van der Waals surface area contributed by atoms with Crippen LogP contribution in [0.25, 0.3) is 22.3 Å². The van der Waals surface area contributed by atoms with Gasteiger partial charge in [-0.25, -0.2) is 19.6 Å². The lowest BCUT2D eigenvalue weighted by Gasteiger charge is -2.45. The summed E-state index contributed by atoms with van der Waals surface area (Å²) in [7, 11) is 0. The summed E-state index contributed by atoms with van der Waals surface area (Å²) < 4.78 is 7.56. The molecular weight excluding hydrogens is 360 g/mol. The van der Waals surface area contributed by atoms with Crippen molar-refractivity contribution < 1.29 is 9.84 Å². The predicted octanol–water partition coefficient (Wildman–Crippen LogP) is 0.786. The van der Waals surface area contributed by atoms with E-state index in [1.54, 1.807) is 23.3 Å². The summed E-state index contributed by atoms with van der Waals surface area (Å²) in [5.41, 5.74) is 7.78. The number of fused-ring (bicyclic) bond motifs is 4. The molecular formula is C18H22N8O2. The van der Waals surface area contributed by atoms with Gasteiger partial charge in [0.05, 0.1) is 48.7 Å². The predicted molar refractivity (Wildman–Crippen MR) is 103 cm³/mol. The van der Waals surface area contributed by atoms with Crippen molar-refractivity contribution in [2.24, 2.45) is 0 Å². The van der Waals surface area contributed by atoms with E-state index in [4.69, 9.17) is 20.4 Å². The van der Waals surface area contributed by atoms with Crippen LogP contribution in [0.1, 0.15) is 25.8 Å². The van der Waals surface area contributed by atoms with E-state index in [1.807, 2.05) is 6.92 Å². The number of anilines is 2. The van der Waals surface area contributed by atoms with E-state index in [9.17, 15) is 5.11 Å². The SMILES string of the molecule is CC(CO)n1ncc2c(-c3cnc(N)nc3)nc(N3CC4CCC3CO4)nc21. The van der Waals surface area contributed by atoms with E-state index < -0.39 is 0 Å². The van der Waals surface area contributed by atoms with Gasteiger partial charge in [-0.2, -0.15) is 10.1 Å². The number of aromatic nitrogens is 6. The van der Waals surface area contributed by atoms with Crippen molar-refractivity contribution in [1.29, 1.82) is 0 Å². The minimum Gasteiger partial charge on any atom is -0.394 e. The highest BCUT2D eigenvalue weighted by molar-refractivity contribution is 5.91. The lowest BCUT2D eigenvalue weighted by Crippen LogP contribution is -2.55. The molecule has 28 heavy (non-hydrogen) atoms. The largest absolute Gasteiger partial charge is 0.394 e. The van der Waals surface area contributed by atoms with Crippen LogP contribution in [0, 0.1) is 0 Å². The first-order valence-electron chi connectivity index (χ1n) is 9.46. The van der Waals surface area contributed by atoms with Gasteiger partial charge in [0.2, 0.25) is 11.9 Å². The number of ether oxygens (including phenoxy) is 1. The summed E-state index contributed by atoms with van der Waals surface area (Å²) in [5.74, 6) is 0.855. The van der Waals surface area contributed by atoms with E-state index in [-0.39, 0.29) is 30.7 Å². The molecule has 3 saturated heterocycles. The Labute approximate surface area is 161 Å². The highest BCUT2D eigenvalue weighted by Gasteiger charge is 2.36. The molecule has 0 amide bonds. The van der Waals surface area contributed by atoms with Crippen LogP contribution in [-0.4, -0.2) is 66.7 Å². The minimum absolute atomic E-state index is 0.0291. The highest BCUT2D eigenvalue weighted by atomic mass is 16.5. The summed E-state index contributed by atoms with van der Waals surface area (Å²) >= 11 is 0. The van der Waals surface area contributed by atoms with Gasteiger partial charge in [-0.1, -0.05) is 0 Å². The molecule has 10 heteroatoms. The average Bonchev–Trinajstić information content (AvgIpc) is 3.18. The molecule has 3 aromatic heterocycles. The summed E-state index contributed by atoms with van der Waals surface area (Å²) in [4.78, 5) is 20.1. The molecule has 146 valence electrons. The van der Waals surface area contributed by atoms with Crippen molar-refractivity contribution in [2.75, 3.05) is 30.4 Å². The topological polar surface area (TPSA) is 128 Å². The van der Waals surface area contributed by atoms with Gasteiger partial charge in [-0.3, -0.25) is 0 Å². The van der Waals surface area contributed by atoms with Crippen LogP contribution in [0.4, 0.5) is 11.9 Å². The maximum atomic E-state index is 9.62. The fourth-order valence-electron chi connectivity index (χ4n) is 3.92. The van der Waals surface area contributed by atoms with Crippen molar-refractivity contribution in [2.45, 2.75) is 38.0 Å². The van der Waals surface area contributed by atoms with Gasteiger partial charge in [0.1, 0.15) is 0 Å². The highest BCUT2D eigenvalue weighted by Crippen LogP contribution is 2.33. The van der Waals surface area contributed by atoms with Crippen molar-refractivity contribution in [3.05, 3.63) is 18.6 Å². The number of hydrogen-bond donors (Lipinski definition) is 2. The zero-order valence-corrected chi connectivity index (χ0v) is 15.6. The van der Waals surface area contributed by atoms with Crippen LogP contribution >= 0.6 is 0 Å². The van der Waals surface area contributed by atoms with Gasteiger partial charge < -0.3 is 20.5 Å². The average molecular weight is 382 g/mol. The number of aliphatic hydroxyl groups is 1. The third kappa shape index (κ3) is 2.76. The second-order valence-corrected chi connectivity index (χ2v) is 7.40. The van der Waals surface area contributed by atoms with Crippen molar-refractivity contribution in [1.82, 2.24) is 29.7 Å². The number of nitrogens with zero attached hydrogens (tertiary/aromatic N) is 7. The second kappa shape index (κ2) is 6.64. The Morgan fingerprint density at radius 2 is 2.07 bits per heavy atom. The third-order valence-corrected chi connectivity index (χ3v) is 5.51. The quantitative estimate of drug-likeness (QED) is 0.673. The van der Waals surface area contributed by atoms with Gasteiger partial charge >= 0.3 is 0 Å². The molecule has 6 heterocycles. The van der Waals surface area contributed by atoms with Crippen LogP contribution in [0.2, 0.25) is 0 Å². The molecule has 0 aromatic carbocycles. The van der Waals surface area contributed by atoms with Crippen LogP contribution in [0.3, 0.4) is 0 Å². The fraction of sp³-hybridized carbons (Fsp3) is 0.500. The number of aliphatic hydroxyl groups excluding tert-OH is 1. The Morgan fingerprint density at radius 3 is 2.71 bits per heavy atom. The van der Waals surface area contributed by atoms with Gasteiger partial charge in [0.25, 0.3) is 0 Å². The molecule has 3 fully saturated rings. The summed E-state index contributed by atoms with van der Waals surface area (Å²) in [5, 5.41) is 14.9. The van der Waals surface area contributed by atoms with Crippen LogP contribution in [0.5, 0.6) is 0 Å². The van der Waals surface area contributed by atoms with Crippen LogP contribution < -0.4 is 10.6 Å². The second-order valence-electron chi connectivity index (χ2n) is 7.40. The Balaban J connectivity index is 1.69. The Hall–Kier alpha value is -2.85. The molecule has 3 atom stereocenters. The number of hydrogen-bond acceptors (Lipinski definition) is 9. The minimum atomic E-state index is -0.197. The van der Waals surface area contributed by atoms with E-state index in [1.165, 1.54) is 0 Å². The van der Waals surface area contributed by atoms with E-state index in [0.717, 1.165) is 30.3 Å². The van der Waals surface area contributed by atoms with E-state index >= 15 is 0 Å². The number of nitrogen functional groups attached to an aromatic ring is 1. The molecule has 10 nitrogen and oxygen atoms in total. The first kappa shape index (κ1) is 17.3. The Kier molecular flexibility index (Phi) is 4.09. The number of morpholine rings is 1. The van der Waals surface area contributed by atoms with Gasteiger partial charge in [0, 0.05) is 24.5 Å². The summed E-state index contributed by atoms with van der Waals surface area (Å²) in [6, 6.07) is 0.0708. The molecule has 0 radical (unpaired) electrons. The molecule has 3 unspecified atom stereocenters. The maximum Gasteiger partial charge on any atom is 0.228 e. The Morgan fingerprint density at radius 1 is 1.25 bits per heavy atom. The zero-order chi connectivity index (χ0) is 19.3. The van der Waals surface area contributed by atoms with Crippen molar-refractivity contribution >= 4 is 22.9 Å². The molecule has 0 spiro atoms. The number of rotatable bonds is 4. The molecule has 3 N–H and O–H groups in total. The molecule has 0 saturated carbocycles. The zero-order valence-electron chi connectivity index (χ0n) is 15.6. The Bertz CT molecular complexity index is 997. The number of nitrogens with two attached hydrogens (primary N) is 1. The lowest BCUT2D eigenvalue weighted by molar-refractivity contribution is -0.0231. The summed E-state index contributed by atoms with van der Waals surface area (Å²) in [6.07, 6.45) is 7.40. The molecule has 3 aromatic rings. The molecule has 3 aliphatic rings. The van der Waals surface area contributed by atoms with Gasteiger partial charge in [-0.05, 0) is 19.8 Å². The molecule has 3 aliphatic heterocycles. The normalized spacial score (nSPS) is 22.7. The summed E-state index contributed by atoms with van der Waals surface area (Å²) in [6.45, 7) is 3.34. The van der Waals surface area contributed by atoms with Crippen molar-refractivity contribution in [3.8, 4) is 11.3 Å².